The van der Waals surface area contributed by atoms with E-state index in [2.05, 4.69) is 31.4 Å². The van der Waals surface area contributed by atoms with Gasteiger partial charge in [0.25, 0.3) is 0 Å². The van der Waals surface area contributed by atoms with Gasteiger partial charge in [0.05, 0.1) is 6.54 Å². The third-order valence-corrected chi connectivity index (χ3v) is 4.23. The van der Waals surface area contributed by atoms with E-state index in [1.807, 2.05) is 0 Å². The van der Waals surface area contributed by atoms with Crippen molar-refractivity contribution < 1.29 is 8.91 Å². The number of benzene rings is 1. The fourth-order valence-electron chi connectivity index (χ4n) is 2.47. The molecule has 1 aromatic heterocycles. The first kappa shape index (κ1) is 13.7. The lowest BCUT2D eigenvalue weighted by Gasteiger charge is -2.08. The molecular formula is C14H15BrFN3O. The van der Waals surface area contributed by atoms with E-state index in [0.29, 0.717) is 29.9 Å². The maximum atomic E-state index is 13.3. The Kier molecular flexibility index (Phi) is 4.12. The van der Waals surface area contributed by atoms with E-state index in [9.17, 15) is 4.39 Å². The monoisotopic (exact) mass is 339 g/mol. The van der Waals surface area contributed by atoms with Crippen molar-refractivity contribution in [2.75, 3.05) is 0 Å². The molecule has 20 heavy (non-hydrogen) atoms. The summed E-state index contributed by atoms with van der Waals surface area (Å²) < 4.78 is 19.2. The Labute approximate surface area is 124 Å². The number of hydrogen-bond acceptors (Lipinski definition) is 4. The molecule has 0 bridgehead atoms. The van der Waals surface area contributed by atoms with Crippen molar-refractivity contribution >= 4 is 15.9 Å². The van der Waals surface area contributed by atoms with Crippen molar-refractivity contribution in [3.05, 3.63) is 34.4 Å². The van der Waals surface area contributed by atoms with Crippen molar-refractivity contribution in [1.82, 2.24) is 15.5 Å². The van der Waals surface area contributed by atoms with Gasteiger partial charge in [-0.1, -0.05) is 33.9 Å². The zero-order chi connectivity index (χ0) is 13.9. The molecule has 1 heterocycles. The number of halogens is 2. The van der Waals surface area contributed by atoms with Crippen LogP contribution in [0.5, 0.6) is 0 Å². The van der Waals surface area contributed by atoms with Gasteiger partial charge in [0, 0.05) is 16.1 Å². The van der Waals surface area contributed by atoms with Crippen molar-refractivity contribution in [3.63, 3.8) is 0 Å². The minimum atomic E-state index is -0.321. The van der Waals surface area contributed by atoms with Gasteiger partial charge in [-0.3, -0.25) is 0 Å². The van der Waals surface area contributed by atoms with Crippen LogP contribution in [0, 0.1) is 5.82 Å². The molecule has 1 fully saturated rings. The summed E-state index contributed by atoms with van der Waals surface area (Å²) in [4.78, 5) is 4.31. The fourth-order valence-corrected chi connectivity index (χ4v) is 2.89. The molecule has 106 valence electrons. The van der Waals surface area contributed by atoms with Gasteiger partial charge >= 0.3 is 0 Å². The van der Waals surface area contributed by atoms with Gasteiger partial charge in [0.2, 0.25) is 11.7 Å². The lowest BCUT2D eigenvalue weighted by atomic mass is 10.2. The highest BCUT2D eigenvalue weighted by atomic mass is 79.9. The smallest absolute Gasteiger partial charge is 0.240 e. The lowest BCUT2D eigenvalue weighted by molar-refractivity contribution is 0.357. The molecule has 0 unspecified atom stereocenters. The molecule has 1 aromatic carbocycles. The Bertz CT molecular complexity index is 596. The summed E-state index contributed by atoms with van der Waals surface area (Å²) in [5, 5.41) is 7.32. The maximum absolute atomic E-state index is 13.3. The number of rotatable bonds is 4. The normalized spacial score (nSPS) is 15.9. The summed E-state index contributed by atoms with van der Waals surface area (Å²) in [7, 11) is 0. The first-order valence-electron chi connectivity index (χ1n) is 6.74. The standard InChI is InChI=1S/C14H15BrFN3O/c15-12-6-5-9(16)7-11(12)14-18-13(20-19-14)8-17-10-3-1-2-4-10/h5-7,10,17H,1-4,8H2. The van der Waals surface area contributed by atoms with Crippen LogP contribution in [0.25, 0.3) is 11.4 Å². The van der Waals surface area contributed by atoms with E-state index < -0.39 is 0 Å². The number of nitrogens with zero attached hydrogens (tertiary/aromatic N) is 2. The zero-order valence-electron chi connectivity index (χ0n) is 10.9. The van der Waals surface area contributed by atoms with E-state index in [-0.39, 0.29) is 5.82 Å². The summed E-state index contributed by atoms with van der Waals surface area (Å²) in [6.45, 7) is 0.560. The largest absolute Gasteiger partial charge is 0.338 e. The quantitative estimate of drug-likeness (QED) is 0.923. The molecule has 0 aliphatic heterocycles. The predicted octanol–water partition coefficient (Wildman–Crippen LogP) is 3.67. The van der Waals surface area contributed by atoms with Gasteiger partial charge in [-0.25, -0.2) is 4.39 Å². The second-order valence-corrected chi connectivity index (χ2v) is 5.85. The van der Waals surface area contributed by atoms with Gasteiger partial charge in [-0.2, -0.15) is 4.98 Å². The van der Waals surface area contributed by atoms with Crippen LogP contribution < -0.4 is 5.32 Å². The minimum Gasteiger partial charge on any atom is -0.338 e. The highest BCUT2D eigenvalue weighted by Crippen LogP contribution is 2.26. The molecule has 6 heteroatoms. The third kappa shape index (κ3) is 3.07. The number of hydrogen-bond donors (Lipinski definition) is 1. The van der Waals surface area contributed by atoms with Gasteiger partial charge in [-0.05, 0) is 31.0 Å². The van der Waals surface area contributed by atoms with E-state index in [4.69, 9.17) is 4.52 Å². The molecule has 1 aliphatic carbocycles. The maximum Gasteiger partial charge on any atom is 0.240 e. The molecule has 0 atom stereocenters. The Morgan fingerprint density at radius 3 is 2.95 bits per heavy atom. The predicted molar refractivity (Wildman–Crippen MR) is 76.5 cm³/mol. The molecule has 2 aromatic rings. The molecule has 1 N–H and O–H groups in total. The van der Waals surface area contributed by atoms with Crippen LogP contribution >= 0.6 is 15.9 Å². The second-order valence-electron chi connectivity index (χ2n) is 5.00. The Morgan fingerprint density at radius 1 is 1.35 bits per heavy atom. The van der Waals surface area contributed by atoms with E-state index >= 15 is 0 Å². The van der Waals surface area contributed by atoms with Crippen LogP contribution in [0.2, 0.25) is 0 Å². The van der Waals surface area contributed by atoms with Crippen LogP contribution in [-0.4, -0.2) is 16.2 Å². The third-order valence-electron chi connectivity index (χ3n) is 3.53. The summed E-state index contributed by atoms with van der Waals surface area (Å²) in [5.74, 6) is 0.612. The lowest BCUT2D eigenvalue weighted by Crippen LogP contribution is -2.25. The topological polar surface area (TPSA) is 51.0 Å². The average molecular weight is 340 g/mol. The van der Waals surface area contributed by atoms with E-state index in [1.54, 1.807) is 6.07 Å². The zero-order valence-corrected chi connectivity index (χ0v) is 12.5. The average Bonchev–Trinajstić information content (AvgIpc) is 3.10. The highest BCUT2D eigenvalue weighted by molar-refractivity contribution is 9.10. The molecule has 0 amide bonds. The summed E-state index contributed by atoms with van der Waals surface area (Å²) in [6, 6.07) is 4.96. The minimum absolute atomic E-state index is 0.321. The Morgan fingerprint density at radius 2 is 2.15 bits per heavy atom. The van der Waals surface area contributed by atoms with Crippen molar-refractivity contribution in [2.45, 2.75) is 38.3 Å². The van der Waals surface area contributed by atoms with Crippen LogP contribution in [-0.2, 0) is 6.54 Å². The van der Waals surface area contributed by atoms with Crippen LogP contribution in [0.3, 0.4) is 0 Å². The molecule has 0 spiro atoms. The van der Waals surface area contributed by atoms with Gasteiger partial charge in [0.1, 0.15) is 5.82 Å². The van der Waals surface area contributed by atoms with Gasteiger partial charge in [-0.15, -0.1) is 0 Å². The van der Waals surface area contributed by atoms with Crippen molar-refractivity contribution in [2.24, 2.45) is 0 Å². The van der Waals surface area contributed by atoms with Gasteiger partial charge in [0.15, 0.2) is 0 Å². The van der Waals surface area contributed by atoms with Crippen molar-refractivity contribution in [3.8, 4) is 11.4 Å². The first-order valence-corrected chi connectivity index (χ1v) is 7.53. The molecular weight excluding hydrogens is 325 g/mol. The molecule has 1 aliphatic rings. The van der Waals surface area contributed by atoms with Gasteiger partial charge < -0.3 is 9.84 Å². The van der Waals surface area contributed by atoms with E-state index in [0.717, 1.165) is 4.47 Å². The molecule has 3 rings (SSSR count). The molecule has 0 saturated heterocycles. The summed E-state index contributed by atoms with van der Waals surface area (Å²) in [6.07, 6.45) is 4.97. The van der Waals surface area contributed by atoms with Crippen molar-refractivity contribution in [1.29, 1.82) is 0 Å². The SMILES string of the molecule is Fc1ccc(Br)c(-c2noc(CNC3CCCC3)n2)c1. The Balaban J connectivity index is 1.71. The highest BCUT2D eigenvalue weighted by Gasteiger charge is 2.16. The Hall–Kier alpha value is -1.27. The van der Waals surface area contributed by atoms with Crippen LogP contribution in [0.4, 0.5) is 4.39 Å². The molecule has 1 saturated carbocycles. The summed E-state index contributed by atoms with van der Waals surface area (Å²) in [5.41, 5.74) is 0.598. The summed E-state index contributed by atoms with van der Waals surface area (Å²) >= 11 is 3.37. The number of nitrogens with one attached hydrogen (secondary N) is 1. The molecule has 0 radical (unpaired) electrons. The fraction of sp³-hybridized carbons (Fsp3) is 0.429. The number of aromatic nitrogens is 2. The van der Waals surface area contributed by atoms with Crippen LogP contribution in [0.15, 0.2) is 27.2 Å². The molecule has 4 nitrogen and oxygen atoms in total. The van der Waals surface area contributed by atoms with Crippen LogP contribution in [0.1, 0.15) is 31.6 Å². The first-order chi connectivity index (χ1) is 9.72. The second kappa shape index (κ2) is 6.01. The van der Waals surface area contributed by atoms with E-state index in [1.165, 1.54) is 37.8 Å².